The third-order valence-electron chi connectivity index (χ3n) is 1.89. The van der Waals surface area contributed by atoms with E-state index in [-0.39, 0.29) is 5.75 Å². The van der Waals surface area contributed by atoms with Crippen molar-refractivity contribution in [1.29, 1.82) is 0 Å². The zero-order valence-electron chi connectivity index (χ0n) is 8.58. The minimum Gasteiger partial charge on any atom is -0.508 e. The van der Waals surface area contributed by atoms with Gasteiger partial charge in [-0.2, -0.15) is 0 Å². The number of aldehydes is 1. The fraction of sp³-hybridized carbons (Fsp3) is 0.250. The first kappa shape index (κ1) is 11.3. The van der Waals surface area contributed by atoms with Gasteiger partial charge in [-0.15, -0.1) is 0 Å². The third-order valence-corrected chi connectivity index (χ3v) is 1.89. The van der Waals surface area contributed by atoms with Crippen LogP contribution in [0.3, 0.4) is 0 Å². The lowest BCUT2D eigenvalue weighted by Crippen LogP contribution is -2.05. The summed E-state index contributed by atoms with van der Waals surface area (Å²) in [5, 5.41) is 12.1. The molecule has 2 N–H and O–H groups in total. The molecule has 0 bridgehead atoms. The Labute approximate surface area is 89.1 Å². The Balaban J connectivity index is 2.83. The Morgan fingerprint density at radius 2 is 2.33 bits per heavy atom. The number of hydrogen-bond donors (Lipinski definition) is 2. The van der Waals surface area contributed by atoms with Crippen molar-refractivity contribution in [3.63, 3.8) is 0 Å². The van der Waals surface area contributed by atoms with Crippen LogP contribution in [0.2, 0.25) is 0 Å². The Hall–Kier alpha value is -1.79. The van der Waals surface area contributed by atoms with E-state index in [1.807, 2.05) is 7.05 Å². The fourth-order valence-corrected chi connectivity index (χ4v) is 1.11. The third kappa shape index (κ3) is 3.45. The zero-order valence-corrected chi connectivity index (χ0v) is 8.58. The molecule has 0 unspecified atom stereocenters. The highest BCUT2D eigenvalue weighted by Crippen LogP contribution is 2.13. The normalized spacial score (nSPS) is 9.13. The second-order valence-corrected chi connectivity index (χ2v) is 3.04. The molecule has 1 rings (SSSR count). The monoisotopic (exact) mass is 203 g/mol. The van der Waals surface area contributed by atoms with E-state index in [1.165, 1.54) is 12.1 Å². The van der Waals surface area contributed by atoms with E-state index < -0.39 is 0 Å². The molecule has 0 atom stereocenters. The van der Waals surface area contributed by atoms with Crippen LogP contribution in [0.25, 0.3) is 0 Å². The van der Waals surface area contributed by atoms with Crippen LogP contribution >= 0.6 is 0 Å². The lowest BCUT2D eigenvalue weighted by molar-refractivity contribution is 0.112. The smallest absolute Gasteiger partial charge is 0.151 e. The van der Waals surface area contributed by atoms with Crippen LogP contribution < -0.4 is 5.32 Å². The molecule has 0 radical (unpaired) electrons. The van der Waals surface area contributed by atoms with E-state index in [0.717, 1.165) is 13.0 Å². The average molecular weight is 203 g/mol. The number of rotatable bonds is 3. The van der Waals surface area contributed by atoms with Crippen molar-refractivity contribution in [2.75, 3.05) is 13.6 Å². The van der Waals surface area contributed by atoms with Crippen molar-refractivity contribution in [1.82, 2.24) is 5.32 Å². The molecule has 0 amide bonds. The van der Waals surface area contributed by atoms with Gasteiger partial charge in [0.1, 0.15) is 5.75 Å². The SMILES string of the molecule is CNCCC#Cc1ccc(O)cc1C=O. The number of nitrogens with one attached hydrogen (secondary N) is 1. The Morgan fingerprint density at radius 1 is 1.53 bits per heavy atom. The summed E-state index contributed by atoms with van der Waals surface area (Å²) in [6, 6.07) is 4.58. The van der Waals surface area contributed by atoms with Crippen LogP contribution in [0.15, 0.2) is 18.2 Å². The van der Waals surface area contributed by atoms with Gasteiger partial charge in [-0.1, -0.05) is 11.8 Å². The van der Waals surface area contributed by atoms with Crippen LogP contribution in [-0.4, -0.2) is 25.0 Å². The highest BCUT2D eigenvalue weighted by atomic mass is 16.3. The van der Waals surface area contributed by atoms with Crippen molar-refractivity contribution in [2.24, 2.45) is 0 Å². The van der Waals surface area contributed by atoms with Crippen molar-refractivity contribution in [2.45, 2.75) is 6.42 Å². The molecule has 3 nitrogen and oxygen atoms in total. The number of carbonyl (C=O) groups excluding carboxylic acids is 1. The van der Waals surface area contributed by atoms with E-state index in [2.05, 4.69) is 17.2 Å². The van der Waals surface area contributed by atoms with E-state index in [1.54, 1.807) is 6.07 Å². The zero-order chi connectivity index (χ0) is 11.1. The van der Waals surface area contributed by atoms with Gasteiger partial charge < -0.3 is 10.4 Å². The quantitative estimate of drug-likeness (QED) is 0.440. The topological polar surface area (TPSA) is 49.3 Å². The summed E-state index contributed by atoms with van der Waals surface area (Å²) in [5.41, 5.74) is 1.07. The van der Waals surface area contributed by atoms with Crippen molar-refractivity contribution >= 4 is 6.29 Å². The first-order chi connectivity index (χ1) is 7.27. The van der Waals surface area contributed by atoms with Crippen LogP contribution in [-0.2, 0) is 0 Å². The lowest BCUT2D eigenvalue weighted by Gasteiger charge is -1.97. The van der Waals surface area contributed by atoms with E-state index in [0.29, 0.717) is 17.4 Å². The van der Waals surface area contributed by atoms with Gasteiger partial charge in [0.15, 0.2) is 6.29 Å². The van der Waals surface area contributed by atoms with Crippen molar-refractivity contribution in [3.8, 4) is 17.6 Å². The molecule has 3 heteroatoms. The standard InChI is InChI=1S/C12H13NO2/c1-13-7-3-2-4-10-5-6-12(15)8-11(10)9-14/h5-6,8-9,13,15H,3,7H2,1H3. The van der Waals surface area contributed by atoms with Crippen LogP contribution in [0.4, 0.5) is 0 Å². The van der Waals surface area contributed by atoms with Gasteiger partial charge >= 0.3 is 0 Å². The molecule has 0 heterocycles. The highest BCUT2D eigenvalue weighted by molar-refractivity contribution is 5.80. The molecule has 0 saturated heterocycles. The molecule has 1 aromatic carbocycles. The van der Waals surface area contributed by atoms with Gasteiger partial charge in [0.05, 0.1) is 0 Å². The first-order valence-electron chi connectivity index (χ1n) is 4.69. The molecule has 1 aromatic rings. The summed E-state index contributed by atoms with van der Waals surface area (Å²) in [6.45, 7) is 0.821. The Morgan fingerprint density at radius 3 is 3.00 bits per heavy atom. The average Bonchev–Trinajstić information content (AvgIpc) is 2.26. The minimum absolute atomic E-state index is 0.0814. The second-order valence-electron chi connectivity index (χ2n) is 3.04. The summed E-state index contributed by atoms with van der Waals surface area (Å²) >= 11 is 0. The molecule has 0 aliphatic heterocycles. The van der Waals surface area contributed by atoms with Crippen LogP contribution in [0, 0.1) is 11.8 Å². The predicted octanol–water partition coefficient (Wildman–Crippen LogP) is 1.17. The van der Waals surface area contributed by atoms with Gasteiger partial charge in [-0.05, 0) is 25.2 Å². The maximum atomic E-state index is 10.7. The van der Waals surface area contributed by atoms with Crippen LogP contribution in [0.5, 0.6) is 5.75 Å². The number of aromatic hydroxyl groups is 1. The van der Waals surface area contributed by atoms with Gasteiger partial charge in [-0.25, -0.2) is 0 Å². The first-order valence-corrected chi connectivity index (χ1v) is 4.69. The van der Waals surface area contributed by atoms with E-state index >= 15 is 0 Å². The highest BCUT2D eigenvalue weighted by Gasteiger charge is 1.99. The Bertz CT molecular complexity index is 402. The summed E-state index contributed by atoms with van der Waals surface area (Å²) in [5.74, 6) is 5.92. The lowest BCUT2D eigenvalue weighted by atomic mass is 10.1. The van der Waals surface area contributed by atoms with Crippen molar-refractivity contribution < 1.29 is 9.90 Å². The number of phenols is 1. The van der Waals surface area contributed by atoms with Gasteiger partial charge in [0.2, 0.25) is 0 Å². The summed E-state index contributed by atoms with van der Waals surface area (Å²) in [4.78, 5) is 10.7. The summed E-state index contributed by atoms with van der Waals surface area (Å²) in [6.07, 6.45) is 1.43. The van der Waals surface area contributed by atoms with Gasteiger partial charge in [-0.3, -0.25) is 4.79 Å². The number of phenolic OH excluding ortho intramolecular Hbond substituents is 1. The van der Waals surface area contributed by atoms with Crippen molar-refractivity contribution in [3.05, 3.63) is 29.3 Å². The molecule has 15 heavy (non-hydrogen) atoms. The van der Waals surface area contributed by atoms with Gasteiger partial charge in [0, 0.05) is 24.1 Å². The number of carbonyl (C=O) groups is 1. The molecule has 78 valence electrons. The minimum atomic E-state index is 0.0814. The van der Waals surface area contributed by atoms with Crippen LogP contribution in [0.1, 0.15) is 22.3 Å². The van der Waals surface area contributed by atoms with Gasteiger partial charge in [0.25, 0.3) is 0 Å². The molecule has 0 aliphatic carbocycles. The molecular formula is C12H13NO2. The molecule has 0 fully saturated rings. The fourth-order valence-electron chi connectivity index (χ4n) is 1.11. The number of hydrogen-bond acceptors (Lipinski definition) is 3. The molecule has 0 spiro atoms. The summed E-state index contributed by atoms with van der Waals surface area (Å²) < 4.78 is 0. The maximum Gasteiger partial charge on any atom is 0.151 e. The molecule has 0 aromatic heterocycles. The predicted molar refractivity (Wildman–Crippen MR) is 58.9 cm³/mol. The number of benzene rings is 1. The van der Waals surface area contributed by atoms with E-state index in [9.17, 15) is 4.79 Å². The molecular weight excluding hydrogens is 190 g/mol. The second kappa shape index (κ2) is 5.84. The maximum absolute atomic E-state index is 10.7. The summed E-state index contributed by atoms with van der Waals surface area (Å²) in [7, 11) is 1.86. The molecule has 0 aliphatic rings. The van der Waals surface area contributed by atoms with E-state index in [4.69, 9.17) is 5.11 Å². The molecule has 0 saturated carbocycles. The largest absolute Gasteiger partial charge is 0.508 e. The Kier molecular flexibility index (Phi) is 4.39.